The van der Waals surface area contributed by atoms with Gasteiger partial charge in [0.2, 0.25) is 5.91 Å². The number of unbranched alkanes of at least 4 members (excludes halogenated alkanes) is 1. The lowest BCUT2D eigenvalue weighted by atomic mass is 10.2. The summed E-state index contributed by atoms with van der Waals surface area (Å²) in [7, 11) is 0. The minimum absolute atomic E-state index is 0.00135. The average Bonchev–Trinajstić information content (AvgIpc) is 3.06. The van der Waals surface area contributed by atoms with E-state index in [1.807, 2.05) is 24.3 Å². The smallest absolute Gasteiger partial charge is 0.307 e. The van der Waals surface area contributed by atoms with Crippen molar-refractivity contribution in [3.8, 4) is 0 Å². The number of hydrogen-bond donors (Lipinski definition) is 1. The standard InChI is InChI=1S/C16H19N5O3S/c1-2-3-8-21-14(18-19-20-21)10-24-15(22)9-13-16(23)17-11-6-4-5-7-12(11)25-13/h4-7,13H,2-3,8-10H2,1H3,(H,17,23)/t13-/m1/s1. The van der Waals surface area contributed by atoms with E-state index in [4.69, 9.17) is 4.74 Å². The van der Waals surface area contributed by atoms with Crippen molar-refractivity contribution in [3.05, 3.63) is 30.1 Å². The molecule has 9 heteroatoms. The van der Waals surface area contributed by atoms with Crippen molar-refractivity contribution in [3.63, 3.8) is 0 Å². The second-order valence-electron chi connectivity index (χ2n) is 5.63. The van der Waals surface area contributed by atoms with Gasteiger partial charge in [0, 0.05) is 11.4 Å². The number of anilines is 1. The zero-order chi connectivity index (χ0) is 17.6. The number of aryl methyl sites for hydroxylation is 1. The first-order valence-electron chi connectivity index (χ1n) is 8.14. The van der Waals surface area contributed by atoms with Crippen molar-refractivity contribution in [1.82, 2.24) is 20.2 Å². The molecule has 8 nitrogen and oxygen atoms in total. The van der Waals surface area contributed by atoms with Crippen LogP contribution >= 0.6 is 11.8 Å². The van der Waals surface area contributed by atoms with Crippen molar-refractivity contribution in [2.45, 2.75) is 49.5 Å². The van der Waals surface area contributed by atoms with Gasteiger partial charge in [-0.2, -0.15) is 0 Å². The Morgan fingerprint density at radius 1 is 1.40 bits per heavy atom. The third kappa shape index (κ3) is 4.36. The van der Waals surface area contributed by atoms with Crippen LogP contribution in [0, 0.1) is 0 Å². The lowest BCUT2D eigenvalue weighted by Gasteiger charge is -2.23. The van der Waals surface area contributed by atoms with Gasteiger partial charge >= 0.3 is 5.97 Å². The number of aromatic nitrogens is 4. The number of tetrazole rings is 1. The summed E-state index contributed by atoms with van der Waals surface area (Å²) in [5.41, 5.74) is 0.775. The van der Waals surface area contributed by atoms with Crippen LogP contribution in [-0.2, 0) is 27.5 Å². The van der Waals surface area contributed by atoms with E-state index >= 15 is 0 Å². The number of para-hydroxylation sites is 1. The molecule has 2 heterocycles. The predicted molar refractivity (Wildman–Crippen MR) is 91.9 cm³/mol. The number of esters is 1. The van der Waals surface area contributed by atoms with Crippen LogP contribution in [0.4, 0.5) is 5.69 Å². The Hall–Kier alpha value is -2.42. The van der Waals surface area contributed by atoms with Gasteiger partial charge in [0.05, 0.1) is 17.4 Å². The second-order valence-corrected chi connectivity index (χ2v) is 6.87. The van der Waals surface area contributed by atoms with Crippen LogP contribution in [0.1, 0.15) is 32.0 Å². The zero-order valence-corrected chi connectivity index (χ0v) is 14.7. The van der Waals surface area contributed by atoms with Gasteiger partial charge in [-0.15, -0.1) is 16.9 Å². The maximum Gasteiger partial charge on any atom is 0.307 e. The van der Waals surface area contributed by atoms with Crippen molar-refractivity contribution >= 4 is 29.3 Å². The molecule has 1 N–H and O–H groups in total. The van der Waals surface area contributed by atoms with Crippen LogP contribution in [0.3, 0.4) is 0 Å². The molecule has 1 aromatic heterocycles. The SMILES string of the molecule is CCCCn1nnnc1COC(=O)C[C@H]1Sc2ccccc2NC1=O. The normalized spacial score (nSPS) is 16.2. The van der Waals surface area contributed by atoms with Crippen LogP contribution in [-0.4, -0.2) is 37.3 Å². The Morgan fingerprint density at radius 2 is 2.24 bits per heavy atom. The fourth-order valence-electron chi connectivity index (χ4n) is 2.39. The molecule has 0 saturated heterocycles. The van der Waals surface area contributed by atoms with Crippen LogP contribution in [0.2, 0.25) is 0 Å². The summed E-state index contributed by atoms with van der Waals surface area (Å²) in [6.07, 6.45) is 1.97. The largest absolute Gasteiger partial charge is 0.457 e. The maximum absolute atomic E-state index is 12.1. The maximum atomic E-state index is 12.1. The summed E-state index contributed by atoms with van der Waals surface area (Å²) in [6, 6.07) is 7.51. The van der Waals surface area contributed by atoms with Crippen LogP contribution in [0.15, 0.2) is 29.2 Å². The number of nitrogens with zero attached hydrogens (tertiary/aromatic N) is 4. The summed E-state index contributed by atoms with van der Waals surface area (Å²) >= 11 is 1.37. The molecule has 0 bridgehead atoms. The molecule has 1 aromatic carbocycles. The highest BCUT2D eigenvalue weighted by Crippen LogP contribution is 2.36. The number of carbonyl (C=O) groups excluding carboxylic acids is 2. The van der Waals surface area contributed by atoms with Crippen molar-refractivity contribution in [1.29, 1.82) is 0 Å². The highest BCUT2D eigenvalue weighted by molar-refractivity contribution is 8.01. The third-order valence-electron chi connectivity index (χ3n) is 3.75. The highest BCUT2D eigenvalue weighted by Gasteiger charge is 2.29. The molecule has 25 heavy (non-hydrogen) atoms. The van der Waals surface area contributed by atoms with Gasteiger partial charge in [-0.05, 0) is 29.0 Å². The summed E-state index contributed by atoms with van der Waals surface area (Å²) < 4.78 is 6.88. The number of fused-ring (bicyclic) bond motifs is 1. The summed E-state index contributed by atoms with van der Waals surface area (Å²) in [5, 5.41) is 13.7. The molecule has 1 aliphatic heterocycles. The average molecular weight is 361 g/mol. The lowest BCUT2D eigenvalue weighted by molar-refractivity contribution is -0.146. The molecular formula is C16H19N5O3S. The molecule has 1 atom stereocenters. The van der Waals surface area contributed by atoms with Crippen LogP contribution < -0.4 is 5.32 Å². The van der Waals surface area contributed by atoms with Gasteiger partial charge in [-0.3, -0.25) is 9.59 Å². The Bertz CT molecular complexity index is 764. The Balaban J connectivity index is 1.53. The van der Waals surface area contributed by atoms with E-state index in [0.29, 0.717) is 12.4 Å². The first kappa shape index (κ1) is 17.4. The number of carbonyl (C=O) groups is 2. The van der Waals surface area contributed by atoms with E-state index in [9.17, 15) is 9.59 Å². The molecule has 0 fully saturated rings. The van der Waals surface area contributed by atoms with Crippen molar-refractivity contribution < 1.29 is 14.3 Å². The first-order chi connectivity index (χ1) is 12.2. The lowest BCUT2D eigenvalue weighted by Crippen LogP contribution is -2.31. The predicted octanol–water partition coefficient (Wildman–Crippen LogP) is 2.02. The molecule has 0 spiro atoms. The van der Waals surface area contributed by atoms with Gasteiger partial charge in [0.15, 0.2) is 12.4 Å². The fourth-order valence-corrected chi connectivity index (χ4v) is 3.49. The Kier molecular flexibility index (Phi) is 5.64. The van der Waals surface area contributed by atoms with Gasteiger partial charge in [-0.1, -0.05) is 25.5 Å². The number of thioether (sulfide) groups is 1. The van der Waals surface area contributed by atoms with Gasteiger partial charge < -0.3 is 10.1 Å². The number of hydrogen-bond acceptors (Lipinski definition) is 7. The summed E-state index contributed by atoms with van der Waals surface area (Å²) in [4.78, 5) is 25.2. The van der Waals surface area contributed by atoms with E-state index in [2.05, 4.69) is 27.8 Å². The monoisotopic (exact) mass is 361 g/mol. The molecule has 1 amide bonds. The van der Waals surface area contributed by atoms with Gasteiger partial charge in [0.1, 0.15) is 0 Å². The Morgan fingerprint density at radius 3 is 3.08 bits per heavy atom. The Labute approximate surface area is 149 Å². The summed E-state index contributed by atoms with van der Waals surface area (Å²) in [5.74, 6) is -0.126. The topological polar surface area (TPSA) is 99.0 Å². The van der Waals surface area contributed by atoms with Gasteiger partial charge in [0.25, 0.3) is 0 Å². The van der Waals surface area contributed by atoms with Crippen molar-refractivity contribution in [2.75, 3.05) is 5.32 Å². The number of ether oxygens (including phenoxy) is 1. The van der Waals surface area contributed by atoms with E-state index in [1.165, 1.54) is 11.8 Å². The zero-order valence-electron chi connectivity index (χ0n) is 13.8. The van der Waals surface area contributed by atoms with E-state index < -0.39 is 11.2 Å². The van der Waals surface area contributed by atoms with Crippen LogP contribution in [0.5, 0.6) is 0 Å². The van der Waals surface area contributed by atoms with Gasteiger partial charge in [-0.25, -0.2) is 4.68 Å². The number of nitrogens with one attached hydrogen (secondary N) is 1. The molecule has 3 rings (SSSR count). The van der Waals surface area contributed by atoms with E-state index in [-0.39, 0.29) is 18.9 Å². The first-order valence-corrected chi connectivity index (χ1v) is 9.02. The van der Waals surface area contributed by atoms with E-state index in [0.717, 1.165) is 23.4 Å². The highest BCUT2D eigenvalue weighted by atomic mass is 32.2. The molecule has 0 unspecified atom stereocenters. The number of rotatable bonds is 7. The molecule has 132 valence electrons. The molecular weight excluding hydrogens is 342 g/mol. The molecule has 0 radical (unpaired) electrons. The van der Waals surface area contributed by atoms with E-state index in [1.54, 1.807) is 4.68 Å². The molecule has 0 aliphatic carbocycles. The quantitative estimate of drug-likeness (QED) is 0.753. The van der Waals surface area contributed by atoms with Crippen molar-refractivity contribution in [2.24, 2.45) is 0 Å². The number of amides is 1. The molecule has 0 saturated carbocycles. The third-order valence-corrected chi connectivity index (χ3v) is 5.03. The number of benzene rings is 1. The second kappa shape index (κ2) is 8.11. The minimum Gasteiger partial charge on any atom is -0.457 e. The fraction of sp³-hybridized carbons (Fsp3) is 0.438. The van der Waals surface area contributed by atoms with Crippen LogP contribution in [0.25, 0.3) is 0 Å². The summed E-state index contributed by atoms with van der Waals surface area (Å²) in [6.45, 7) is 2.77. The minimum atomic E-state index is -0.501. The molecule has 1 aliphatic rings. The molecule has 2 aromatic rings.